The van der Waals surface area contributed by atoms with E-state index >= 15 is 0 Å². The number of carboxylic acid groups (broad SMARTS) is 3. The van der Waals surface area contributed by atoms with E-state index < -0.39 is 17.9 Å². The number of pyridine rings is 1. The van der Waals surface area contributed by atoms with Crippen molar-refractivity contribution >= 4 is 23.6 Å². The molecule has 0 spiro atoms. The lowest BCUT2D eigenvalue weighted by molar-refractivity contribution is -0.141. The highest BCUT2D eigenvalue weighted by molar-refractivity contribution is 5.70. The highest BCUT2D eigenvalue weighted by Crippen LogP contribution is 2.18. The number of fused-ring (bicyclic) bond motifs is 2. The van der Waals surface area contributed by atoms with Crippen molar-refractivity contribution in [3.63, 3.8) is 0 Å². The maximum Gasteiger partial charge on any atom is 0.317 e. The molecule has 0 saturated heterocycles. The molecule has 1 aliphatic heterocycles. The lowest BCUT2D eigenvalue weighted by atomic mass is 10.0. The van der Waals surface area contributed by atoms with Crippen molar-refractivity contribution in [1.29, 1.82) is 0 Å². The van der Waals surface area contributed by atoms with E-state index in [1.54, 1.807) is 9.80 Å². The molecule has 2 heterocycles. The Morgan fingerprint density at radius 3 is 2.08 bits per heavy atom. The lowest BCUT2D eigenvalue weighted by Crippen LogP contribution is -2.50. The van der Waals surface area contributed by atoms with Crippen LogP contribution in [0.2, 0.25) is 0 Å². The molecule has 0 radical (unpaired) electrons. The van der Waals surface area contributed by atoms with Crippen molar-refractivity contribution in [2.24, 2.45) is 0 Å². The Hall–Kier alpha value is -3.54. The van der Waals surface area contributed by atoms with Crippen LogP contribution in [0.1, 0.15) is 23.9 Å². The van der Waals surface area contributed by atoms with Crippen LogP contribution in [-0.4, -0.2) is 105 Å². The fourth-order valence-corrected chi connectivity index (χ4v) is 4.59. The molecule has 1 aromatic heterocycles. The van der Waals surface area contributed by atoms with E-state index in [-0.39, 0.29) is 32.2 Å². The number of hydrogen-bond donors (Lipinski definition) is 4. The summed E-state index contributed by atoms with van der Waals surface area (Å²) >= 11 is 0. The van der Waals surface area contributed by atoms with Crippen molar-refractivity contribution in [3.8, 4) is 0 Å². The van der Waals surface area contributed by atoms with Gasteiger partial charge in [0.25, 0.3) is 0 Å². The standard InChI is InChI=1S/C26H35N5O6/c1-2-27-20-8-6-19(7-9-20)12-23-15-30(17-25(34)35)11-10-29(16-24(32)33)13-21-4-3-5-22(28-21)14-31(23)18-26(36)37/h3-9,23,27H,2,10-18H2,1H3,(H,32,33)(H,34,35)(H,36,37). The van der Waals surface area contributed by atoms with Crippen molar-refractivity contribution in [1.82, 2.24) is 19.7 Å². The molecule has 11 nitrogen and oxygen atoms in total. The third-order valence-electron chi connectivity index (χ3n) is 6.20. The molecule has 1 atom stereocenters. The van der Waals surface area contributed by atoms with Crippen LogP contribution < -0.4 is 5.32 Å². The number of carbonyl (C=O) groups is 3. The van der Waals surface area contributed by atoms with Crippen LogP contribution in [0.3, 0.4) is 0 Å². The SMILES string of the molecule is CCNc1ccc(CC2CN(CC(=O)O)CCN(CC(=O)O)Cc3cccc(n3)CN2CC(=O)O)cc1. The third kappa shape index (κ3) is 9.45. The summed E-state index contributed by atoms with van der Waals surface area (Å²) in [5, 5.41) is 31.9. The molecule has 2 bridgehead atoms. The monoisotopic (exact) mass is 513 g/mol. The first-order chi connectivity index (χ1) is 17.7. The Balaban J connectivity index is 1.97. The summed E-state index contributed by atoms with van der Waals surface area (Å²) in [4.78, 5) is 45.0. The van der Waals surface area contributed by atoms with Gasteiger partial charge in [0, 0.05) is 51.0 Å². The molecule has 0 fully saturated rings. The minimum absolute atomic E-state index is 0.195. The smallest absolute Gasteiger partial charge is 0.317 e. The Labute approximate surface area is 216 Å². The largest absolute Gasteiger partial charge is 0.480 e. The summed E-state index contributed by atoms with van der Waals surface area (Å²) in [6, 6.07) is 13.1. The van der Waals surface area contributed by atoms with Crippen molar-refractivity contribution in [2.75, 3.05) is 51.1 Å². The molecular formula is C26H35N5O6. The van der Waals surface area contributed by atoms with Gasteiger partial charge in [0.05, 0.1) is 31.0 Å². The average molecular weight is 514 g/mol. The minimum Gasteiger partial charge on any atom is -0.480 e. The lowest BCUT2D eigenvalue weighted by Gasteiger charge is -2.36. The van der Waals surface area contributed by atoms with E-state index in [1.807, 2.05) is 54.3 Å². The van der Waals surface area contributed by atoms with Crippen LogP contribution in [0.5, 0.6) is 0 Å². The Kier molecular flexibility index (Phi) is 10.4. The van der Waals surface area contributed by atoms with Gasteiger partial charge in [0.1, 0.15) is 0 Å². The molecule has 1 unspecified atom stereocenters. The Bertz CT molecular complexity index is 1060. The highest BCUT2D eigenvalue weighted by Gasteiger charge is 2.27. The fraction of sp³-hybridized carbons (Fsp3) is 0.462. The highest BCUT2D eigenvalue weighted by atomic mass is 16.4. The normalized spacial score (nSPS) is 17.9. The van der Waals surface area contributed by atoms with Gasteiger partial charge in [0.15, 0.2) is 0 Å². The van der Waals surface area contributed by atoms with Crippen LogP contribution in [0.25, 0.3) is 0 Å². The first kappa shape index (κ1) is 28.0. The molecule has 0 aliphatic carbocycles. The molecule has 2 aromatic rings. The van der Waals surface area contributed by atoms with Crippen molar-refractivity contribution in [2.45, 2.75) is 32.5 Å². The summed E-state index contributed by atoms with van der Waals surface area (Å²) in [6.07, 6.45) is 0.508. The van der Waals surface area contributed by atoms with E-state index in [0.29, 0.717) is 44.0 Å². The quantitative estimate of drug-likeness (QED) is 0.364. The van der Waals surface area contributed by atoms with Gasteiger partial charge in [-0.2, -0.15) is 0 Å². The zero-order chi connectivity index (χ0) is 26.8. The van der Waals surface area contributed by atoms with E-state index in [1.165, 1.54) is 0 Å². The third-order valence-corrected chi connectivity index (χ3v) is 6.20. The zero-order valence-corrected chi connectivity index (χ0v) is 21.0. The maximum atomic E-state index is 11.8. The van der Waals surface area contributed by atoms with Gasteiger partial charge in [-0.25, -0.2) is 0 Å². The molecule has 200 valence electrons. The van der Waals surface area contributed by atoms with Gasteiger partial charge in [-0.05, 0) is 43.2 Å². The molecule has 1 aliphatic rings. The maximum absolute atomic E-state index is 11.8. The van der Waals surface area contributed by atoms with Crippen LogP contribution in [0, 0.1) is 0 Å². The molecule has 0 saturated carbocycles. The second-order valence-corrected chi connectivity index (χ2v) is 9.24. The van der Waals surface area contributed by atoms with Gasteiger partial charge in [-0.1, -0.05) is 18.2 Å². The summed E-state index contributed by atoms with van der Waals surface area (Å²) in [5.74, 6) is -2.95. The number of hydrogen-bond acceptors (Lipinski definition) is 8. The van der Waals surface area contributed by atoms with Crippen LogP contribution in [0.15, 0.2) is 42.5 Å². The topological polar surface area (TPSA) is 147 Å². The predicted octanol–water partition coefficient (Wildman–Crippen LogP) is 1.30. The molecule has 37 heavy (non-hydrogen) atoms. The number of aromatic nitrogens is 1. The van der Waals surface area contributed by atoms with Gasteiger partial charge < -0.3 is 20.6 Å². The number of carboxylic acids is 3. The number of benzene rings is 1. The first-order valence-corrected chi connectivity index (χ1v) is 12.3. The van der Waals surface area contributed by atoms with Crippen LogP contribution in [0.4, 0.5) is 5.69 Å². The molecule has 3 rings (SSSR count). The van der Waals surface area contributed by atoms with Crippen molar-refractivity contribution < 1.29 is 29.7 Å². The summed E-state index contributed by atoms with van der Waals surface area (Å²) in [7, 11) is 0. The van der Waals surface area contributed by atoms with E-state index in [9.17, 15) is 29.7 Å². The molecule has 0 amide bonds. The number of aliphatic carboxylic acids is 3. The number of nitrogens with zero attached hydrogens (tertiary/aromatic N) is 4. The van der Waals surface area contributed by atoms with Gasteiger partial charge in [0.2, 0.25) is 0 Å². The Morgan fingerprint density at radius 1 is 0.865 bits per heavy atom. The minimum atomic E-state index is -0.998. The molecule has 1 aromatic carbocycles. The van der Waals surface area contributed by atoms with Gasteiger partial charge >= 0.3 is 17.9 Å². The second-order valence-electron chi connectivity index (χ2n) is 9.24. The average Bonchev–Trinajstić information content (AvgIpc) is 2.81. The second kappa shape index (κ2) is 13.7. The van der Waals surface area contributed by atoms with Gasteiger partial charge in [-0.3, -0.25) is 34.1 Å². The summed E-state index contributed by atoms with van der Waals surface area (Å²) in [6.45, 7) is 3.66. The van der Waals surface area contributed by atoms with E-state index in [0.717, 1.165) is 17.8 Å². The van der Waals surface area contributed by atoms with Crippen LogP contribution >= 0.6 is 0 Å². The predicted molar refractivity (Wildman–Crippen MR) is 137 cm³/mol. The van der Waals surface area contributed by atoms with Crippen LogP contribution in [-0.2, 0) is 33.9 Å². The summed E-state index contributed by atoms with van der Waals surface area (Å²) in [5.41, 5.74) is 3.33. The van der Waals surface area contributed by atoms with E-state index in [2.05, 4.69) is 10.3 Å². The molecular weight excluding hydrogens is 478 g/mol. The van der Waals surface area contributed by atoms with Crippen molar-refractivity contribution in [3.05, 3.63) is 59.4 Å². The zero-order valence-electron chi connectivity index (χ0n) is 21.0. The number of rotatable bonds is 10. The molecule has 11 heteroatoms. The molecule has 4 N–H and O–H groups in total. The first-order valence-electron chi connectivity index (χ1n) is 12.3. The number of anilines is 1. The van der Waals surface area contributed by atoms with Gasteiger partial charge in [-0.15, -0.1) is 0 Å². The Morgan fingerprint density at radius 2 is 1.46 bits per heavy atom. The summed E-state index contributed by atoms with van der Waals surface area (Å²) < 4.78 is 0. The fourth-order valence-electron chi connectivity index (χ4n) is 4.59. The number of nitrogens with one attached hydrogen (secondary N) is 1. The van der Waals surface area contributed by atoms with E-state index in [4.69, 9.17) is 0 Å².